The number of hydrogen-bond acceptors (Lipinski definition) is 4. The lowest BCUT2D eigenvalue weighted by molar-refractivity contribution is -0.139. The number of carboxylic acids is 1. The summed E-state index contributed by atoms with van der Waals surface area (Å²) < 4.78 is 0. The van der Waals surface area contributed by atoms with Crippen LogP contribution in [0.1, 0.15) is 25.7 Å². The van der Waals surface area contributed by atoms with Crippen LogP contribution < -0.4 is 5.32 Å². The fraction of sp³-hybridized carbons (Fsp3) is 0.923. The van der Waals surface area contributed by atoms with Crippen molar-refractivity contribution in [1.29, 1.82) is 0 Å². The fourth-order valence-electron chi connectivity index (χ4n) is 2.45. The summed E-state index contributed by atoms with van der Waals surface area (Å²) in [6.07, 6.45) is 4.18. The molecule has 1 saturated carbocycles. The molecular formula is C13H25N3O2. The van der Waals surface area contributed by atoms with Gasteiger partial charge >= 0.3 is 5.97 Å². The SMILES string of the molecule is CN1CCCN(CCC(NC2CC2)C(=O)O)CC1. The van der Waals surface area contributed by atoms with Gasteiger partial charge in [-0.15, -0.1) is 0 Å². The molecule has 2 rings (SSSR count). The third kappa shape index (κ3) is 4.55. The van der Waals surface area contributed by atoms with Crippen LogP contribution in [-0.2, 0) is 4.79 Å². The number of rotatable bonds is 6. The highest BCUT2D eigenvalue weighted by Gasteiger charge is 2.28. The number of nitrogens with zero attached hydrogens (tertiary/aromatic N) is 2. The van der Waals surface area contributed by atoms with E-state index >= 15 is 0 Å². The van der Waals surface area contributed by atoms with Crippen LogP contribution in [-0.4, -0.2) is 72.7 Å². The van der Waals surface area contributed by atoms with E-state index in [0.29, 0.717) is 6.04 Å². The molecule has 1 aliphatic carbocycles. The van der Waals surface area contributed by atoms with Crippen molar-refractivity contribution in [3.05, 3.63) is 0 Å². The van der Waals surface area contributed by atoms with E-state index in [1.54, 1.807) is 0 Å². The lowest BCUT2D eigenvalue weighted by Gasteiger charge is -2.22. The second-order valence-electron chi connectivity index (χ2n) is 5.62. The van der Waals surface area contributed by atoms with Crippen LogP contribution in [0.25, 0.3) is 0 Å². The van der Waals surface area contributed by atoms with Crippen LogP contribution in [0.4, 0.5) is 0 Å². The minimum Gasteiger partial charge on any atom is -0.480 e. The quantitative estimate of drug-likeness (QED) is 0.711. The third-order valence-electron chi connectivity index (χ3n) is 3.86. The Bertz CT molecular complexity index is 281. The summed E-state index contributed by atoms with van der Waals surface area (Å²) in [4.78, 5) is 15.9. The molecule has 2 N–H and O–H groups in total. The Morgan fingerprint density at radius 1 is 1.33 bits per heavy atom. The number of nitrogens with one attached hydrogen (secondary N) is 1. The minimum atomic E-state index is -0.700. The monoisotopic (exact) mass is 255 g/mol. The molecule has 5 heteroatoms. The molecule has 104 valence electrons. The summed E-state index contributed by atoms with van der Waals surface area (Å²) in [6, 6.07) is 0.0971. The van der Waals surface area contributed by atoms with Gasteiger partial charge in [0.15, 0.2) is 0 Å². The minimum absolute atomic E-state index is 0.363. The topological polar surface area (TPSA) is 55.8 Å². The van der Waals surface area contributed by atoms with Gasteiger partial charge in [-0.1, -0.05) is 0 Å². The first-order chi connectivity index (χ1) is 8.65. The van der Waals surface area contributed by atoms with E-state index in [2.05, 4.69) is 22.2 Å². The highest BCUT2D eigenvalue weighted by atomic mass is 16.4. The number of hydrogen-bond donors (Lipinski definition) is 2. The molecular weight excluding hydrogens is 230 g/mol. The van der Waals surface area contributed by atoms with Gasteiger partial charge in [0, 0.05) is 25.7 Å². The number of carboxylic acid groups (broad SMARTS) is 1. The van der Waals surface area contributed by atoms with Gasteiger partial charge in [-0.25, -0.2) is 0 Å². The van der Waals surface area contributed by atoms with Gasteiger partial charge in [-0.05, 0) is 45.8 Å². The van der Waals surface area contributed by atoms with Gasteiger partial charge in [0.1, 0.15) is 6.04 Å². The van der Waals surface area contributed by atoms with Crippen molar-refractivity contribution in [2.75, 3.05) is 39.8 Å². The predicted octanol–water partition coefficient (Wildman–Crippen LogP) is 0.219. The molecule has 0 bridgehead atoms. The maximum atomic E-state index is 11.2. The molecule has 5 nitrogen and oxygen atoms in total. The number of aliphatic carboxylic acids is 1. The van der Waals surface area contributed by atoms with Crippen LogP contribution in [0, 0.1) is 0 Å². The molecule has 1 heterocycles. The Hall–Kier alpha value is -0.650. The Kier molecular flexibility index (Phi) is 4.97. The van der Waals surface area contributed by atoms with Gasteiger partial charge in [-0.3, -0.25) is 4.79 Å². The molecule has 0 radical (unpaired) electrons. The van der Waals surface area contributed by atoms with Crippen molar-refractivity contribution < 1.29 is 9.90 Å². The van der Waals surface area contributed by atoms with Gasteiger partial charge in [0.05, 0.1) is 0 Å². The first-order valence-electron chi connectivity index (χ1n) is 7.05. The summed E-state index contributed by atoms with van der Waals surface area (Å²) in [7, 11) is 2.15. The Morgan fingerprint density at radius 3 is 2.78 bits per heavy atom. The van der Waals surface area contributed by atoms with Gasteiger partial charge in [0.25, 0.3) is 0 Å². The average Bonchev–Trinajstić information content (AvgIpc) is 3.13. The van der Waals surface area contributed by atoms with E-state index < -0.39 is 5.97 Å². The molecule has 0 amide bonds. The van der Waals surface area contributed by atoms with Crippen LogP contribution in [0.2, 0.25) is 0 Å². The Labute approximate surface area is 109 Å². The molecule has 1 saturated heterocycles. The second kappa shape index (κ2) is 6.50. The average molecular weight is 255 g/mol. The van der Waals surface area contributed by atoms with E-state index in [-0.39, 0.29) is 6.04 Å². The van der Waals surface area contributed by atoms with E-state index in [4.69, 9.17) is 0 Å². The smallest absolute Gasteiger partial charge is 0.320 e. The second-order valence-corrected chi connectivity index (χ2v) is 5.62. The summed E-state index contributed by atoms with van der Waals surface area (Å²) in [6.45, 7) is 5.30. The van der Waals surface area contributed by atoms with Crippen molar-refractivity contribution in [3.63, 3.8) is 0 Å². The number of carbonyl (C=O) groups is 1. The maximum absolute atomic E-state index is 11.2. The normalized spacial score (nSPS) is 24.7. The first-order valence-corrected chi connectivity index (χ1v) is 7.05. The van der Waals surface area contributed by atoms with Crippen LogP contribution in [0.3, 0.4) is 0 Å². The zero-order chi connectivity index (χ0) is 13.0. The molecule has 2 aliphatic rings. The standard InChI is InChI=1S/C13H25N3O2/c1-15-6-2-7-16(10-9-15)8-5-12(13(17)18)14-11-3-4-11/h11-12,14H,2-10H2,1H3,(H,17,18). The Morgan fingerprint density at radius 2 is 2.11 bits per heavy atom. The van der Waals surface area contributed by atoms with Crippen LogP contribution in [0.15, 0.2) is 0 Å². The lowest BCUT2D eigenvalue weighted by Crippen LogP contribution is -2.41. The fourth-order valence-corrected chi connectivity index (χ4v) is 2.45. The maximum Gasteiger partial charge on any atom is 0.320 e. The van der Waals surface area contributed by atoms with Crippen molar-refractivity contribution in [1.82, 2.24) is 15.1 Å². The van der Waals surface area contributed by atoms with E-state index in [9.17, 15) is 9.90 Å². The van der Waals surface area contributed by atoms with E-state index in [1.165, 1.54) is 6.42 Å². The van der Waals surface area contributed by atoms with Crippen molar-refractivity contribution in [3.8, 4) is 0 Å². The summed E-state index contributed by atoms with van der Waals surface area (Å²) in [5.41, 5.74) is 0. The zero-order valence-electron chi connectivity index (χ0n) is 11.3. The van der Waals surface area contributed by atoms with Gasteiger partial charge in [0.2, 0.25) is 0 Å². The van der Waals surface area contributed by atoms with Gasteiger partial charge in [-0.2, -0.15) is 0 Å². The zero-order valence-corrected chi connectivity index (χ0v) is 11.3. The molecule has 18 heavy (non-hydrogen) atoms. The third-order valence-corrected chi connectivity index (χ3v) is 3.86. The van der Waals surface area contributed by atoms with E-state index in [0.717, 1.165) is 52.0 Å². The molecule has 1 aliphatic heterocycles. The molecule has 1 atom stereocenters. The van der Waals surface area contributed by atoms with Crippen LogP contribution in [0.5, 0.6) is 0 Å². The largest absolute Gasteiger partial charge is 0.480 e. The first kappa shape index (κ1) is 13.8. The molecule has 1 unspecified atom stereocenters. The van der Waals surface area contributed by atoms with Crippen molar-refractivity contribution in [2.45, 2.75) is 37.8 Å². The molecule has 0 aromatic rings. The summed E-state index contributed by atoms with van der Waals surface area (Å²) >= 11 is 0. The van der Waals surface area contributed by atoms with Crippen molar-refractivity contribution in [2.24, 2.45) is 0 Å². The lowest BCUT2D eigenvalue weighted by atomic mass is 10.2. The van der Waals surface area contributed by atoms with Crippen molar-refractivity contribution >= 4 is 5.97 Å². The highest BCUT2D eigenvalue weighted by Crippen LogP contribution is 2.20. The highest BCUT2D eigenvalue weighted by molar-refractivity contribution is 5.73. The molecule has 0 aromatic heterocycles. The van der Waals surface area contributed by atoms with Gasteiger partial charge < -0.3 is 20.2 Å². The van der Waals surface area contributed by atoms with Crippen LogP contribution >= 0.6 is 0 Å². The number of likely N-dealkylation sites (N-methyl/N-ethyl adjacent to an activating group) is 1. The molecule has 0 spiro atoms. The molecule has 0 aromatic carbocycles. The summed E-state index contributed by atoms with van der Waals surface area (Å²) in [5, 5.41) is 12.4. The Balaban J connectivity index is 1.72. The predicted molar refractivity (Wildman–Crippen MR) is 70.8 cm³/mol. The van der Waals surface area contributed by atoms with E-state index in [1.807, 2.05) is 0 Å². The molecule has 2 fully saturated rings. The summed E-state index contributed by atoms with van der Waals surface area (Å²) in [5.74, 6) is -0.700.